The van der Waals surface area contributed by atoms with Crippen molar-refractivity contribution in [2.24, 2.45) is 0 Å². The number of hydrogen-bond acceptors (Lipinski definition) is 4. The number of carbonyl (C=O) groups excluding carboxylic acids is 1. The molecule has 1 aliphatic carbocycles. The van der Waals surface area contributed by atoms with Gasteiger partial charge in [-0.2, -0.15) is 0 Å². The molecule has 24 heavy (non-hydrogen) atoms. The van der Waals surface area contributed by atoms with E-state index in [0.717, 1.165) is 44.7 Å². The third kappa shape index (κ3) is 2.96. The molecule has 1 unspecified atom stereocenters. The summed E-state index contributed by atoms with van der Waals surface area (Å²) in [6.45, 7) is 4.95. The van der Waals surface area contributed by atoms with Gasteiger partial charge in [-0.25, -0.2) is 0 Å². The van der Waals surface area contributed by atoms with E-state index in [1.807, 2.05) is 23.1 Å². The number of amides is 1. The minimum absolute atomic E-state index is 0.201. The summed E-state index contributed by atoms with van der Waals surface area (Å²) < 4.78 is 5.37. The minimum atomic E-state index is -0.778. The molecule has 1 amide bonds. The van der Waals surface area contributed by atoms with Gasteiger partial charge in [0.25, 0.3) is 0 Å². The zero-order valence-electron chi connectivity index (χ0n) is 14.1. The van der Waals surface area contributed by atoms with Gasteiger partial charge in [0.1, 0.15) is 0 Å². The first-order chi connectivity index (χ1) is 11.6. The number of hydrogen-bond donors (Lipinski definition) is 1. The highest BCUT2D eigenvalue weighted by molar-refractivity contribution is 5.91. The lowest BCUT2D eigenvalue weighted by molar-refractivity contribution is -0.134. The molecule has 1 aromatic carbocycles. The van der Waals surface area contributed by atoms with Gasteiger partial charge >= 0.3 is 0 Å². The van der Waals surface area contributed by atoms with Gasteiger partial charge in [0.15, 0.2) is 0 Å². The maximum Gasteiger partial charge on any atom is 0.233 e. The molecule has 5 nitrogen and oxygen atoms in total. The molecule has 5 heteroatoms. The van der Waals surface area contributed by atoms with Gasteiger partial charge in [0.2, 0.25) is 5.91 Å². The summed E-state index contributed by atoms with van der Waals surface area (Å²) >= 11 is 0. The molecular weight excluding hydrogens is 304 g/mol. The largest absolute Gasteiger partial charge is 0.387 e. The minimum Gasteiger partial charge on any atom is -0.387 e. The van der Waals surface area contributed by atoms with Crippen LogP contribution in [-0.4, -0.2) is 72.4 Å². The molecule has 0 aromatic heterocycles. The Morgan fingerprint density at radius 1 is 1.08 bits per heavy atom. The molecule has 2 aliphatic heterocycles. The van der Waals surface area contributed by atoms with E-state index in [9.17, 15) is 9.90 Å². The third-order valence-electron chi connectivity index (χ3n) is 5.73. The van der Waals surface area contributed by atoms with Crippen LogP contribution in [0.3, 0.4) is 0 Å². The van der Waals surface area contributed by atoms with Crippen LogP contribution in [0.5, 0.6) is 0 Å². The summed E-state index contributed by atoms with van der Waals surface area (Å²) in [5, 5.41) is 10.9. The van der Waals surface area contributed by atoms with Crippen molar-refractivity contribution in [2.75, 3.05) is 45.9 Å². The van der Waals surface area contributed by atoms with Gasteiger partial charge in [-0.15, -0.1) is 0 Å². The first kappa shape index (κ1) is 16.1. The molecule has 0 bridgehead atoms. The second-order valence-electron chi connectivity index (χ2n) is 7.54. The van der Waals surface area contributed by atoms with Crippen LogP contribution >= 0.6 is 0 Å². The number of rotatable bonds is 4. The lowest BCUT2D eigenvalue weighted by atomic mass is 9.94. The van der Waals surface area contributed by atoms with Crippen LogP contribution in [0.15, 0.2) is 30.3 Å². The molecule has 1 N–H and O–H groups in total. The van der Waals surface area contributed by atoms with Gasteiger partial charge in [0.05, 0.1) is 30.8 Å². The number of aliphatic hydroxyl groups is 1. The van der Waals surface area contributed by atoms with E-state index in [4.69, 9.17) is 4.74 Å². The van der Waals surface area contributed by atoms with Gasteiger partial charge in [0, 0.05) is 26.2 Å². The van der Waals surface area contributed by atoms with Crippen LogP contribution in [0.4, 0.5) is 0 Å². The Morgan fingerprint density at radius 3 is 2.46 bits per heavy atom. The molecular formula is C19H26N2O3. The number of morpholine rings is 1. The van der Waals surface area contributed by atoms with Gasteiger partial charge in [-0.3, -0.25) is 9.69 Å². The van der Waals surface area contributed by atoms with Crippen LogP contribution in [0.2, 0.25) is 0 Å². The Hall–Kier alpha value is -1.43. The van der Waals surface area contributed by atoms with Crippen LogP contribution in [-0.2, 0) is 14.9 Å². The van der Waals surface area contributed by atoms with Gasteiger partial charge in [-0.1, -0.05) is 30.3 Å². The number of carbonyl (C=O) groups is 1. The predicted molar refractivity (Wildman–Crippen MR) is 90.8 cm³/mol. The highest BCUT2D eigenvalue weighted by Gasteiger charge is 2.55. The van der Waals surface area contributed by atoms with Crippen molar-refractivity contribution in [1.82, 2.24) is 9.80 Å². The number of benzene rings is 1. The van der Waals surface area contributed by atoms with E-state index >= 15 is 0 Å². The van der Waals surface area contributed by atoms with Gasteiger partial charge < -0.3 is 14.7 Å². The first-order valence-corrected chi connectivity index (χ1v) is 8.99. The summed E-state index contributed by atoms with van der Waals surface area (Å²) in [5.74, 6) is 0.201. The third-order valence-corrected chi connectivity index (χ3v) is 5.73. The standard InChI is InChI=1S/C19H26N2O3/c22-17(19(6-7-19)16-4-2-1-3-5-16)21-9-8-18(23,15-21)14-20-10-12-24-13-11-20/h1-5,23H,6-15H2. The highest BCUT2D eigenvalue weighted by atomic mass is 16.5. The monoisotopic (exact) mass is 330 g/mol. The Morgan fingerprint density at radius 2 is 1.79 bits per heavy atom. The van der Waals surface area contributed by atoms with Crippen molar-refractivity contribution >= 4 is 5.91 Å². The van der Waals surface area contributed by atoms with Crippen LogP contribution in [0, 0.1) is 0 Å². The van der Waals surface area contributed by atoms with Crippen LogP contribution in [0.25, 0.3) is 0 Å². The van der Waals surface area contributed by atoms with Crippen molar-refractivity contribution < 1.29 is 14.6 Å². The molecule has 1 atom stereocenters. The fourth-order valence-corrected chi connectivity index (χ4v) is 4.15. The molecule has 1 saturated carbocycles. The molecule has 3 fully saturated rings. The van der Waals surface area contributed by atoms with E-state index in [1.54, 1.807) is 0 Å². The molecule has 3 aliphatic rings. The molecule has 130 valence electrons. The summed E-state index contributed by atoms with van der Waals surface area (Å²) in [7, 11) is 0. The fraction of sp³-hybridized carbons (Fsp3) is 0.632. The average molecular weight is 330 g/mol. The van der Waals surface area contributed by atoms with Gasteiger partial charge in [-0.05, 0) is 24.8 Å². The van der Waals surface area contributed by atoms with E-state index in [1.165, 1.54) is 0 Å². The number of likely N-dealkylation sites (tertiary alicyclic amines) is 1. The Balaban J connectivity index is 1.42. The molecule has 0 radical (unpaired) electrons. The maximum atomic E-state index is 13.1. The van der Waals surface area contributed by atoms with Crippen molar-refractivity contribution in [3.63, 3.8) is 0 Å². The zero-order chi connectivity index (χ0) is 16.6. The van der Waals surface area contributed by atoms with E-state index in [0.29, 0.717) is 26.1 Å². The maximum absolute atomic E-state index is 13.1. The number of nitrogens with zero attached hydrogens (tertiary/aromatic N) is 2. The quantitative estimate of drug-likeness (QED) is 0.895. The smallest absolute Gasteiger partial charge is 0.233 e. The summed E-state index contributed by atoms with van der Waals surface area (Å²) in [6, 6.07) is 10.1. The summed E-state index contributed by atoms with van der Waals surface area (Å²) in [5.41, 5.74) is 0.0178. The SMILES string of the molecule is O=C(N1CCC(O)(CN2CCOCC2)C1)C1(c2ccccc2)CC1. The molecule has 2 heterocycles. The second-order valence-corrected chi connectivity index (χ2v) is 7.54. The van der Waals surface area contributed by atoms with E-state index < -0.39 is 5.60 Å². The Labute approximate surface area is 143 Å². The predicted octanol–water partition coefficient (Wildman–Crippen LogP) is 1.01. The number of β-amino-alcohol motifs (C(OH)–C–C–N with tert-alkyl or cyclic N) is 1. The topological polar surface area (TPSA) is 53.0 Å². The van der Waals surface area contributed by atoms with E-state index in [-0.39, 0.29) is 11.3 Å². The van der Waals surface area contributed by atoms with Crippen molar-refractivity contribution in [1.29, 1.82) is 0 Å². The summed E-state index contributed by atoms with van der Waals surface area (Å²) in [4.78, 5) is 17.2. The molecule has 4 rings (SSSR count). The molecule has 2 saturated heterocycles. The number of ether oxygens (including phenoxy) is 1. The Bertz CT molecular complexity index is 596. The second kappa shape index (κ2) is 6.14. The first-order valence-electron chi connectivity index (χ1n) is 8.99. The normalized spacial score (nSPS) is 29.6. The van der Waals surface area contributed by atoms with Crippen LogP contribution < -0.4 is 0 Å². The average Bonchev–Trinajstić information content (AvgIpc) is 3.34. The molecule has 1 aromatic rings. The zero-order valence-corrected chi connectivity index (χ0v) is 14.1. The van der Waals surface area contributed by atoms with Crippen LogP contribution in [0.1, 0.15) is 24.8 Å². The van der Waals surface area contributed by atoms with E-state index in [2.05, 4.69) is 17.0 Å². The lowest BCUT2D eigenvalue weighted by Crippen LogP contribution is -2.49. The molecule has 0 spiro atoms. The highest BCUT2D eigenvalue weighted by Crippen LogP contribution is 2.50. The fourth-order valence-electron chi connectivity index (χ4n) is 4.15. The van der Waals surface area contributed by atoms with Crippen molar-refractivity contribution in [3.8, 4) is 0 Å². The summed E-state index contributed by atoms with van der Waals surface area (Å²) in [6.07, 6.45) is 2.52. The van der Waals surface area contributed by atoms with Crippen molar-refractivity contribution in [2.45, 2.75) is 30.3 Å². The lowest BCUT2D eigenvalue weighted by Gasteiger charge is -2.34. The van der Waals surface area contributed by atoms with Crippen molar-refractivity contribution in [3.05, 3.63) is 35.9 Å². The Kier molecular flexibility index (Phi) is 4.11.